The van der Waals surface area contributed by atoms with Crippen LogP contribution in [0.15, 0.2) is 4.52 Å². The molecule has 2 heterocycles. The van der Waals surface area contributed by atoms with Gasteiger partial charge < -0.3 is 14.5 Å². The summed E-state index contributed by atoms with van der Waals surface area (Å²) in [5.41, 5.74) is 1.27. The standard InChI is InChI=1S/C12H18N2O3/c1-3-10-11(8(2)17-13-10)12(16)14-6-4-5-9(15)7-14/h9,15H,3-7H2,1-2H3. The Morgan fingerprint density at radius 3 is 3.06 bits per heavy atom. The molecule has 1 N–H and O–H groups in total. The Balaban J connectivity index is 2.21. The normalized spacial score (nSPS) is 20.6. The van der Waals surface area contributed by atoms with Crippen LogP contribution < -0.4 is 0 Å². The van der Waals surface area contributed by atoms with E-state index in [0.29, 0.717) is 36.5 Å². The maximum Gasteiger partial charge on any atom is 0.259 e. The number of hydrogen-bond donors (Lipinski definition) is 1. The Morgan fingerprint density at radius 2 is 2.41 bits per heavy atom. The van der Waals surface area contributed by atoms with E-state index in [1.807, 2.05) is 6.92 Å². The van der Waals surface area contributed by atoms with Gasteiger partial charge in [0.15, 0.2) is 0 Å². The second-order valence-corrected chi connectivity index (χ2v) is 4.46. The fraction of sp³-hybridized carbons (Fsp3) is 0.667. The van der Waals surface area contributed by atoms with Crippen LogP contribution in [0, 0.1) is 6.92 Å². The number of aromatic nitrogens is 1. The minimum absolute atomic E-state index is 0.0700. The number of carbonyl (C=O) groups is 1. The molecule has 1 fully saturated rings. The summed E-state index contributed by atoms with van der Waals surface area (Å²) in [5.74, 6) is 0.492. The molecule has 0 radical (unpaired) electrons. The Labute approximate surface area is 100 Å². The van der Waals surface area contributed by atoms with Gasteiger partial charge in [-0.15, -0.1) is 0 Å². The van der Waals surface area contributed by atoms with E-state index in [4.69, 9.17) is 4.52 Å². The topological polar surface area (TPSA) is 66.6 Å². The summed E-state index contributed by atoms with van der Waals surface area (Å²) in [6.45, 7) is 4.80. The van der Waals surface area contributed by atoms with E-state index in [2.05, 4.69) is 5.16 Å². The summed E-state index contributed by atoms with van der Waals surface area (Å²) >= 11 is 0. The maximum absolute atomic E-state index is 12.3. The Bertz CT molecular complexity index is 414. The Morgan fingerprint density at radius 1 is 1.65 bits per heavy atom. The van der Waals surface area contributed by atoms with Gasteiger partial charge in [-0.1, -0.05) is 12.1 Å². The zero-order valence-electron chi connectivity index (χ0n) is 10.3. The van der Waals surface area contributed by atoms with E-state index in [-0.39, 0.29) is 5.91 Å². The minimum Gasteiger partial charge on any atom is -0.391 e. The van der Waals surface area contributed by atoms with Crippen LogP contribution in [0.5, 0.6) is 0 Å². The molecule has 1 aliphatic heterocycles. The van der Waals surface area contributed by atoms with Crippen LogP contribution in [0.2, 0.25) is 0 Å². The molecule has 1 aromatic rings. The molecule has 2 rings (SSSR count). The second-order valence-electron chi connectivity index (χ2n) is 4.46. The number of hydrogen-bond acceptors (Lipinski definition) is 4. The molecule has 0 aromatic carbocycles. The van der Waals surface area contributed by atoms with Crippen molar-refractivity contribution in [1.29, 1.82) is 0 Å². The number of aliphatic hydroxyl groups is 1. The van der Waals surface area contributed by atoms with Crippen molar-refractivity contribution in [2.45, 2.75) is 39.2 Å². The monoisotopic (exact) mass is 238 g/mol. The molecule has 0 bridgehead atoms. The van der Waals surface area contributed by atoms with Crippen molar-refractivity contribution in [1.82, 2.24) is 10.1 Å². The molecule has 94 valence electrons. The van der Waals surface area contributed by atoms with Crippen LogP contribution in [0.25, 0.3) is 0 Å². The summed E-state index contributed by atoms with van der Waals surface area (Å²) in [4.78, 5) is 14.0. The molecular weight excluding hydrogens is 220 g/mol. The zero-order valence-corrected chi connectivity index (χ0v) is 10.3. The molecule has 0 saturated carbocycles. The van der Waals surface area contributed by atoms with E-state index in [1.54, 1.807) is 11.8 Å². The van der Waals surface area contributed by atoms with Crippen LogP contribution in [0.1, 0.15) is 41.6 Å². The highest BCUT2D eigenvalue weighted by Crippen LogP contribution is 2.19. The van der Waals surface area contributed by atoms with Crippen molar-refractivity contribution in [3.8, 4) is 0 Å². The maximum atomic E-state index is 12.3. The van der Waals surface area contributed by atoms with Crippen LogP contribution in [0.3, 0.4) is 0 Å². The van der Waals surface area contributed by atoms with Gasteiger partial charge in [0.2, 0.25) is 0 Å². The van der Waals surface area contributed by atoms with Gasteiger partial charge in [-0.3, -0.25) is 4.79 Å². The quantitative estimate of drug-likeness (QED) is 0.839. The van der Waals surface area contributed by atoms with E-state index < -0.39 is 6.10 Å². The molecule has 5 heteroatoms. The average Bonchev–Trinajstić information content (AvgIpc) is 2.69. The first kappa shape index (κ1) is 12.1. The number of carbonyl (C=O) groups excluding carboxylic acids is 1. The molecule has 1 saturated heterocycles. The summed E-state index contributed by atoms with van der Waals surface area (Å²) < 4.78 is 5.07. The first-order valence-electron chi connectivity index (χ1n) is 6.06. The molecule has 17 heavy (non-hydrogen) atoms. The number of piperidine rings is 1. The van der Waals surface area contributed by atoms with Crippen molar-refractivity contribution in [3.05, 3.63) is 17.0 Å². The number of rotatable bonds is 2. The number of likely N-dealkylation sites (tertiary alicyclic amines) is 1. The third-order valence-electron chi connectivity index (χ3n) is 3.17. The molecule has 1 unspecified atom stereocenters. The number of aliphatic hydroxyl groups excluding tert-OH is 1. The largest absolute Gasteiger partial charge is 0.391 e. The molecule has 5 nitrogen and oxygen atoms in total. The van der Waals surface area contributed by atoms with E-state index in [0.717, 1.165) is 12.8 Å². The van der Waals surface area contributed by atoms with Gasteiger partial charge >= 0.3 is 0 Å². The summed E-state index contributed by atoms with van der Waals surface area (Å²) in [6, 6.07) is 0. The van der Waals surface area contributed by atoms with E-state index in [1.165, 1.54) is 0 Å². The SMILES string of the molecule is CCc1noc(C)c1C(=O)N1CCCC(O)C1. The predicted molar refractivity (Wildman–Crippen MR) is 61.8 cm³/mol. The van der Waals surface area contributed by atoms with Crippen LogP contribution in [0.4, 0.5) is 0 Å². The third kappa shape index (κ3) is 2.34. The lowest BCUT2D eigenvalue weighted by atomic mass is 10.1. The van der Waals surface area contributed by atoms with Crippen molar-refractivity contribution < 1.29 is 14.4 Å². The summed E-state index contributed by atoms with van der Waals surface area (Å²) in [5, 5.41) is 13.5. The fourth-order valence-corrected chi connectivity index (χ4v) is 2.23. The summed E-state index contributed by atoms with van der Waals surface area (Å²) in [7, 11) is 0. The smallest absolute Gasteiger partial charge is 0.259 e. The lowest BCUT2D eigenvalue weighted by molar-refractivity contribution is 0.0471. The average molecular weight is 238 g/mol. The highest BCUT2D eigenvalue weighted by Gasteiger charge is 2.27. The van der Waals surface area contributed by atoms with Crippen LogP contribution >= 0.6 is 0 Å². The van der Waals surface area contributed by atoms with Crippen molar-refractivity contribution in [2.75, 3.05) is 13.1 Å². The van der Waals surface area contributed by atoms with Gasteiger partial charge in [0.05, 0.1) is 11.8 Å². The van der Waals surface area contributed by atoms with Gasteiger partial charge in [0.25, 0.3) is 5.91 Å². The minimum atomic E-state index is -0.405. The van der Waals surface area contributed by atoms with Crippen molar-refractivity contribution >= 4 is 5.91 Å². The van der Waals surface area contributed by atoms with Gasteiger partial charge in [-0.25, -0.2) is 0 Å². The van der Waals surface area contributed by atoms with Crippen LogP contribution in [-0.4, -0.2) is 40.3 Å². The number of aryl methyl sites for hydroxylation is 2. The highest BCUT2D eigenvalue weighted by atomic mass is 16.5. The third-order valence-corrected chi connectivity index (χ3v) is 3.17. The molecule has 1 amide bonds. The molecule has 0 aliphatic carbocycles. The number of amides is 1. The first-order valence-corrected chi connectivity index (χ1v) is 6.06. The predicted octanol–water partition coefficient (Wildman–Crippen LogP) is 1.14. The Hall–Kier alpha value is -1.36. The zero-order chi connectivity index (χ0) is 12.4. The highest BCUT2D eigenvalue weighted by molar-refractivity contribution is 5.96. The first-order chi connectivity index (χ1) is 8.13. The van der Waals surface area contributed by atoms with Crippen molar-refractivity contribution in [3.63, 3.8) is 0 Å². The lowest BCUT2D eigenvalue weighted by Gasteiger charge is -2.30. The van der Waals surface area contributed by atoms with Gasteiger partial charge in [-0.05, 0) is 26.2 Å². The molecule has 1 atom stereocenters. The summed E-state index contributed by atoms with van der Waals surface area (Å²) in [6.07, 6.45) is 1.89. The fourth-order valence-electron chi connectivity index (χ4n) is 2.23. The number of β-amino-alcohol motifs (C(OH)–C–C–N with tert-alkyl or cyclic N) is 1. The van der Waals surface area contributed by atoms with Gasteiger partial charge in [0, 0.05) is 13.1 Å². The number of nitrogens with zero attached hydrogens (tertiary/aromatic N) is 2. The van der Waals surface area contributed by atoms with Gasteiger partial charge in [-0.2, -0.15) is 0 Å². The lowest BCUT2D eigenvalue weighted by Crippen LogP contribution is -2.42. The van der Waals surface area contributed by atoms with E-state index in [9.17, 15) is 9.90 Å². The van der Waals surface area contributed by atoms with Crippen LogP contribution in [-0.2, 0) is 6.42 Å². The van der Waals surface area contributed by atoms with E-state index >= 15 is 0 Å². The Kier molecular flexibility index (Phi) is 3.47. The second kappa shape index (κ2) is 4.87. The molecule has 1 aliphatic rings. The molecule has 1 aromatic heterocycles. The van der Waals surface area contributed by atoms with Crippen molar-refractivity contribution in [2.24, 2.45) is 0 Å². The van der Waals surface area contributed by atoms with Gasteiger partial charge in [0.1, 0.15) is 11.3 Å². The molecule has 0 spiro atoms. The molecular formula is C12H18N2O3.